The third-order valence-electron chi connectivity index (χ3n) is 4.44. The van der Waals surface area contributed by atoms with E-state index in [9.17, 15) is 4.79 Å². The Bertz CT molecular complexity index is 843. The van der Waals surface area contributed by atoms with Gasteiger partial charge >= 0.3 is 0 Å². The van der Waals surface area contributed by atoms with E-state index in [1.54, 1.807) is 0 Å². The van der Waals surface area contributed by atoms with Gasteiger partial charge in [-0.1, -0.05) is 48.5 Å². The SMILES string of the molecule is CN(C)C[C@@H](C(=O)NCCc1cnn(-c2ccccc2)c1)c1ccccc1. The second-order valence-electron chi connectivity index (χ2n) is 6.90. The lowest BCUT2D eigenvalue weighted by Crippen LogP contribution is -2.36. The van der Waals surface area contributed by atoms with Crippen molar-refractivity contribution in [2.75, 3.05) is 27.2 Å². The molecule has 0 aliphatic carbocycles. The van der Waals surface area contributed by atoms with Crippen LogP contribution in [-0.2, 0) is 11.2 Å². The van der Waals surface area contributed by atoms with E-state index in [2.05, 4.69) is 10.4 Å². The van der Waals surface area contributed by atoms with Crippen molar-refractivity contribution in [2.24, 2.45) is 0 Å². The van der Waals surface area contributed by atoms with Crippen LogP contribution in [0.2, 0.25) is 0 Å². The summed E-state index contributed by atoms with van der Waals surface area (Å²) in [5.41, 5.74) is 3.17. The van der Waals surface area contributed by atoms with E-state index in [0.29, 0.717) is 13.1 Å². The summed E-state index contributed by atoms with van der Waals surface area (Å²) in [5, 5.41) is 7.49. The van der Waals surface area contributed by atoms with Crippen molar-refractivity contribution >= 4 is 5.91 Å². The number of aromatic nitrogens is 2. The zero-order chi connectivity index (χ0) is 19.1. The van der Waals surface area contributed by atoms with Gasteiger partial charge in [-0.25, -0.2) is 4.68 Å². The predicted octanol–water partition coefficient (Wildman–Crippen LogP) is 2.88. The van der Waals surface area contributed by atoms with Crippen molar-refractivity contribution in [1.29, 1.82) is 0 Å². The minimum atomic E-state index is -0.173. The Labute approximate surface area is 160 Å². The van der Waals surface area contributed by atoms with E-state index in [-0.39, 0.29) is 11.8 Å². The van der Waals surface area contributed by atoms with E-state index in [0.717, 1.165) is 23.2 Å². The molecule has 140 valence electrons. The van der Waals surface area contributed by atoms with Crippen LogP contribution in [0, 0.1) is 0 Å². The summed E-state index contributed by atoms with van der Waals surface area (Å²) >= 11 is 0. The van der Waals surface area contributed by atoms with Gasteiger partial charge in [0, 0.05) is 19.3 Å². The van der Waals surface area contributed by atoms with Gasteiger partial charge in [0.15, 0.2) is 0 Å². The highest BCUT2D eigenvalue weighted by Crippen LogP contribution is 2.16. The molecule has 3 rings (SSSR count). The molecule has 1 heterocycles. The molecule has 0 saturated carbocycles. The topological polar surface area (TPSA) is 50.2 Å². The van der Waals surface area contributed by atoms with Gasteiger partial charge in [-0.2, -0.15) is 5.10 Å². The maximum atomic E-state index is 12.7. The molecule has 27 heavy (non-hydrogen) atoms. The highest BCUT2D eigenvalue weighted by Gasteiger charge is 2.20. The lowest BCUT2D eigenvalue weighted by molar-refractivity contribution is -0.122. The third-order valence-corrected chi connectivity index (χ3v) is 4.44. The van der Waals surface area contributed by atoms with Crippen LogP contribution in [0.15, 0.2) is 73.1 Å². The van der Waals surface area contributed by atoms with Crippen LogP contribution in [0.5, 0.6) is 0 Å². The molecule has 1 amide bonds. The zero-order valence-electron chi connectivity index (χ0n) is 15.9. The molecule has 1 atom stereocenters. The Kier molecular flexibility index (Phi) is 6.39. The number of amides is 1. The molecule has 2 aromatic carbocycles. The number of likely N-dealkylation sites (N-methyl/N-ethyl adjacent to an activating group) is 1. The highest BCUT2D eigenvalue weighted by atomic mass is 16.1. The molecule has 3 aromatic rings. The third kappa shape index (κ3) is 5.28. The Hall–Kier alpha value is -2.92. The van der Waals surface area contributed by atoms with Gasteiger partial charge in [-0.05, 0) is 43.8 Å². The molecule has 0 bridgehead atoms. The smallest absolute Gasteiger partial charge is 0.228 e. The number of carbonyl (C=O) groups is 1. The first-order chi connectivity index (χ1) is 13.1. The Morgan fingerprint density at radius 2 is 1.74 bits per heavy atom. The van der Waals surface area contributed by atoms with Crippen molar-refractivity contribution in [1.82, 2.24) is 20.0 Å². The van der Waals surface area contributed by atoms with Gasteiger partial charge in [-0.15, -0.1) is 0 Å². The van der Waals surface area contributed by atoms with Crippen LogP contribution in [-0.4, -0.2) is 47.8 Å². The first kappa shape index (κ1) is 18.9. The number of nitrogens with one attached hydrogen (secondary N) is 1. The number of hydrogen-bond donors (Lipinski definition) is 1. The van der Waals surface area contributed by atoms with E-state index < -0.39 is 0 Å². The van der Waals surface area contributed by atoms with Crippen molar-refractivity contribution < 1.29 is 4.79 Å². The monoisotopic (exact) mass is 362 g/mol. The minimum absolute atomic E-state index is 0.0605. The quantitative estimate of drug-likeness (QED) is 0.670. The molecule has 1 aromatic heterocycles. The van der Waals surface area contributed by atoms with Crippen LogP contribution in [0.4, 0.5) is 0 Å². The Morgan fingerprint density at radius 1 is 1.07 bits per heavy atom. The largest absolute Gasteiger partial charge is 0.355 e. The molecule has 0 aliphatic rings. The fraction of sp³-hybridized carbons (Fsp3) is 0.273. The summed E-state index contributed by atoms with van der Waals surface area (Å²) in [4.78, 5) is 14.8. The Balaban J connectivity index is 1.57. The fourth-order valence-corrected chi connectivity index (χ4v) is 3.05. The molecule has 0 aliphatic heterocycles. The molecule has 0 radical (unpaired) electrons. The van der Waals surface area contributed by atoms with E-state index in [1.165, 1.54) is 0 Å². The van der Waals surface area contributed by atoms with Gasteiger partial charge in [0.2, 0.25) is 5.91 Å². The number of para-hydroxylation sites is 1. The number of nitrogens with zero attached hydrogens (tertiary/aromatic N) is 3. The first-order valence-electron chi connectivity index (χ1n) is 9.20. The van der Waals surface area contributed by atoms with Gasteiger partial charge in [0.05, 0.1) is 17.8 Å². The molecule has 1 N–H and O–H groups in total. The van der Waals surface area contributed by atoms with Crippen LogP contribution in [0.25, 0.3) is 5.69 Å². The molecule has 0 fully saturated rings. The normalized spacial score (nSPS) is 12.1. The highest BCUT2D eigenvalue weighted by molar-refractivity contribution is 5.83. The lowest BCUT2D eigenvalue weighted by Gasteiger charge is -2.21. The van der Waals surface area contributed by atoms with Crippen LogP contribution < -0.4 is 5.32 Å². The summed E-state index contributed by atoms with van der Waals surface area (Å²) < 4.78 is 1.86. The molecule has 0 unspecified atom stereocenters. The zero-order valence-corrected chi connectivity index (χ0v) is 15.9. The molecular formula is C22H26N4O. The maximum absolute atomic E-state index is 12.7. The van der Waals surface area contributed by atoms with E-state index in [1.807, 2.05) is 96.7 Å². The number of carbonyl (C=O) groups excluding carboxylic acids is 1. The number of hydrogen-bond acceptors (Lipinski definition) is 3. The summed E-state index contributed by atoms with van der Waals surface area (Å²) in [7, 11) is 3.97. The van der Waals surface area contributed by atoms with Gasteiger partial charge < -0.3 is 10.2 Å². The molecular weight excluding hydrogens is 336 g/mol. The van der Waals surface area contributed by atoms with Crippen LogP contribution >= 0.6 is 0 Å². The fourth-order valence-electron chi connectivity index (χ4n) is 3.05. The van der Waals surface area contributed by atoms with E-state index >= 15 is 0 Å². The average molecular weight is 362 g/mol. The first-order valence-corrected chi connectivity index (χ1v) is 9.20. The summed E-state index contributed by atoms with van der Waals surface area (Å²) in [5.74, 6) is -0.112. The second kappa shape index (κ2) is 9.14. The minimum Gasteiger partial charge on any atom is -0.355 e. The number of benzene rings is 2. The molecule has 5 heteroatoms. The van der Waals surface area contributed by atoms with E-state index in [4.69, 9.17) is 0 Å². The maximum Gasteiger partial charge on any atom is 0.228 e. The second-order valence-corrected chi connectivity index (χ2v) is 6.90. The molecule has 5 nitrogen and oxygen atoms in total. The predicted molar refractivity (Wildman–Crippen MR) is 108 cm³/mol. The van der Waals surface area contributed by atoms with Crippen LogP contribution in [0.1, 0.15) is 17.0 Å². The lowest BCUT2D eigenvalue weighted by atomic mass is 9.97. The summed E-state index contributed by atoms with van der Waals surface area (Å²) in [6, 6.07) is 20.0. The average Bonchev–Trinajstić information content (AvgIpc) is 3.16. The van der Waals surface area contributed by atoms with Gasteiger partial charge in [0.25, 0.3) is 0 Å². The van der Waals surface area contributed by atoms with Crippen LogP contribution in [0.3, 0.4) is 0 Å². The summed E-state index contributed by atoms with van der Waals surface area (Å²) in [6.07, 6.45) is 4.62. The Morgan fingerprint density at radius 3 is 2.41 bits per heavy atom. The number of rotatable bonds is 8. The van der Waals surface area contributed by atoms with Gasteiger partial charge in [0.1, 0.15) is 0 Å². The van der Waals surface area contributed by atoms with Crippen molar-refractivity contribution in [3.8, 4) is 5.69 Å². The molecule has 0 spiro atoms. The molecule has 0 saturated heterocycles. The van der Waals surface area contributed by atoms with Crippen molar-refractivity contribution in [3.63, 3.8) is 0 Å². The standard InChI is InChI=1S/C22H26N4O/c1-25(2)17-21(19-9-5-3-6-10-19)22(27)23-14-13-18-15-24-26(16-18)20-11-7-4-8-12-20/h3-12,15-16,21H,13-14,17H2,1-2H3,(H,23,27)/t21-/m1/s1. The van der Waals surface area contributed by atoms with Gasteiger partial charge in [-0.3, -0.25) is 4.79 Å². The summed E-state index contributed by atoms with van der Waals surface area (Å²) in [6.45, 7) is 1.28. The van der Waals surface area contributed by atoms with Crippen molar-refractivity contribution in [3.05, 3.63) is 84.2 Å². The van der Waals surface area contributed by atoms with Crippen molar-refractivity contribution in [2.45, 2.75) is 12.3 Å².